The molecule has 0 fully saturated rings. The van der Waals surface area contributed by atoms with Gasteiger partial charge in [0.25, 0.3) is 5.91 Å². The molecule has 0 bridgehead atoms. The Morgan fingerprint density at radius 3 is 2.44 bits per heavy atom. The van der Waals surface area contributed by atoms with Crippen LogP contribution in [-0.2, 0) is 12.8 Å². The van der Waals surface area contributed by atoms with Crippen LogP contribution in [0.15, 0.2) is 65.0 Å². The van der Waals surface area contributed by atoms with Crippen molar-refractivity contribution < 1.29 is 4.79 Å². The van der Waals surface area contributed by atoms with E-state index in [-0.39, 0.29) is 29.9 Å². The van der Waals surface area contributed by atoms with Gasteiger partial charge in [-0.3, -0.25) is 9.79 Å². The Balaban J connectivity index is 0.00000363. The Labute approximate surface area is 211 Å². The third-order valence-corrected chi connectivity index (χ3v) is 5.70. The number of carbonyl (C=O) groups excluding carboxylic acids is 1. The lowest BCUT2D eigenvalue weighted by atomic mass is 10.1. The second kappa shape index (κ2) is 13.2. The molecule has 0 atom stereocenters. The Hall–Kier alpha value is -2.46. The molecule has 1 aromatic heterocycles. The first kappa shape index (κ1) is 25.8. The molecule has 3 aromatic rings. The van der Waals surface area contributed by atoms with E-state index in [0.29, 0.717) is 5.56 Å². The van der Waals surface area contributed by atoms with Crippen LogP contribution in [0.25, 0.3) is 10.6 Å². The van der Waals surface area contributed by atoms with Gasteiger partial charge in [-0.2, -0.15) is 0 Å². The summed E-state index contributed by atoms with van der Waals surface area (Å²) in [6.45, 7) is 1.48. The number of amides is 1. The molecule has 0 radical (unpaired) electrons. The van der Waals surface area contributed by atoms with Crippen LogP contribution in [0, 0.1) is 0 Å². The van der Waals surface area contributed by atoms with Crippen molar-refractivity contribution in [3.8, 4) is 10.6 Å². The summed E-state index contributed by atoms with van der Waals surface area (Å²) in [5, 5.41) is 9.84. The number of nitrogens with zero attached hydrogens (tertiary/aromatic N) is 3. The maximum absolute atomic E-state index is 12.1. The highest BCUT2D eigenvalue weighted by Crippen LogP contribution is 2.23. The maximum Gasteiger partial charge on any atom is 0.253 e. The van der Waals surface area contributed by atoms with E-state index < -0.39 is 0 Å². The first-order valence-electron chi connectivity index (χ1n) is 10.3. The minimum atomic E-state index is 0. The van der Waals surface area contributed by atoms with Gasteiger partial charge in [0, 0.05) is 57.2 Å². The number of aliphatic imine (C=N–C) groups is 1. The van der Waals surface area contributed by atoms with Gasteiger partial charge in [-0.25, -0.2) is 4.98 Å². The summed E-state index contributed by atoms with van der Waals surface area (Å²) in [5.74, 6) is 0.781. The molecule has 2 N–H and O–H groups in total. The van der Waals surface area contributed by atoms with Crippen molar-refractivity contribution in [3.05, 3.63) is 76.8 Å². The molecule has 6 nitrogen and oxygen atoms in total. The Kier molecular flexibility index (Phi) is 10.6. The predicted octanol–water partition coefficient (Wildman–Crippen LogP) is 4.08. The minimum absolute atomic E-state index is 0. The average molecular weight is 564 g/mol. The zero-order chi connectivity index (χ0) is 22.1. The third kappa shape index (κ3) is 7.59. The fourth-order valence-corrected chi connectivity index (χ4v) is 3.97. The van der Waals surface area contributed by atoms with Crippen molar-refractivity contribution in [3.63, 3.8) is 0 Å². The highest BCUT2D eigenvalue weighted by Gasteiger charge is 2.08. The van der Waals surface area contributed by atoms with Gasteiger partial charge in [-0.05, 0) is 24.1 Å². The van der Waals surface area contributed by atoms with Crippen LogP contribution in [0.4, 0.5) is 0 Å². The van der Waals surface area contributed by atoms with Crippen molar-refractivity contribution in [2.75, 3.05) is 34.2 Å². The summed E-state index contributed by atoms with van der Waals surface area (Å²) in [7, 11) is 5.29. The lowest BCUT2D eigenvalue weighted by Gasteiger charge is -2.13. The monoisotopic (exact) mass is 563 g/mol. The molecule has 0 spiro atoms. The van der Waals surface area contributed by atoms with Gasteiger partial charge in [0.15, 0.2) is 5.96 Å². The Morgan fingerprint density at radius 2 is 1.75 bits per heavy atom. The van der Waals surface area contributed by atoms with Crippen molar-refractivity contribution in [2.45, 2.75) is 12.8 Å². The molecule has 0 saturated carbocycles. The van der Waals surface area contributed by atoms with E-state index in [1.54, 1.807) is 37.4 Å². The van der Waals surface area contributed by atoms with E-state index in [2.05, 4.69) is 33.1 Å². The summed E-state index contributed by atoms with van der Waals surface area (Å²) >= 11 is 1.67. The number of halogens is 1. The third-order valence-electron chi connectivity index (χ3n) is 4.76. The number of aromatic nitrogens is 1. The average Bonchev–Trinajstić information content (AvgIpc) is 3.27. The summed E-state index contributed by atoms with van der Waals surface area (Å²) in [6.07, 6.45) is 1.64. The summed E-state index contributed by atoms with van der Waals surface area (Å²) in [4.78, 5) is 22.7. The van der Waals surface area contributed by atoms with E-state index in [1.807, 2.05) is 42.5 Å². The number of hydrogen-bond acceptors (Lipinski definition) is 4. The molecule has 170 valence electrons. The topological polar surface area (TPSA) is 69.6 Å². The van der Waals surface area contributed by atoms with Crippen LogP contribution in [-0.4, -0.2) is 56.0 Å². The van der Waals surface area contributed by atoms with Crippen molar-refractivity contribution in [2.24, 2.45) is 4.99 Å². The zero-order valence-corrected chi connectivity index (χ0v) is 21.8. The van der Waals surface area contributed by atoms with Gasteiger partial charge in [0.05, 0.1) is 5.69 Å². The van der Waals surface area contributed by atoms with Crippen molar-refractivity contribution in [1.82, 2.24) is 20.5 Å². The summed E-state index contributed by atoms with van der Waals surface area (Å²) in [5.41, 5.74) is 4.06. The SMILES string of the molecule is CN=C(NCCc1cccc(C(=O)N(C)C)c1)NCCc1csc(-c2ccccc2)n1.I. The second-order valence-corrected chi connectivity index (χ2v) is 8.19. The van der Waals surface area contributed by atoms with Crippen LogP contribution in [0.1, 0.15) is 21.6 Å². The van der Waals surface area contributed by atoms with Gasteiger partial charge in [0.1, 0.15) is 5.01 Å². The van der Waals surface area contributed by atoms with Crippen molar-refractivity contribution >= 4 is 47.2 Å². The first-order chi connectivity index (χ1) is 15.1. The molecule has 0 aliphatic rings. The number of nitrogens with one attached hydrogen (secondary N) is 2. The summed E-state index contributed by atoms with van der Waals surface area (Å²) in [6, 6.07) is 18.0. The molecule has 0 aliphatic carbocycles. The number of carbonyl (C=O) groups is 1. The normalized spacial score (nSPS) is 10.9. The smallest absolute Gasteiger partial charge is 0.253 e. The number of benzene rings is 2. The van der Waals surface area contributed by atoms with Crippen LogP contribution in [0.2, 0.25) is 0 Å². The molecule has 32 heavy (non-hydrogen) atoms. The molecule has 8 heteroatoms. The van der Waals surface area contributed by atoms with Gasteiger partial charge < -0.3 is 15.5 Å². The molecular weight excluding hydrogens is 533 g/mol. The van der Waals surface area contributed by atoms with Crippen LogP contribution in [0.5, 0.6) is 0 Å². The predicted molar refractivity (Wildman–Crippen MR) is 144 cm³/mol. The number of hydrogen-bond donors (Lipinski definition) is 2. The fourth-order valence-electron chi connectivity index (χ4n) is 3.11. The largest absolute Gasteiger partial charge is 0.356 e. The zero-order valence-electron chi connectivity index (χ0n) is 18.7. The lowest BCUT2D eigenvalue weighted by molar-refractivity contribution is 0.0827. The van der Waals surface area contributed by atoms with E-state index in [1.165, 1.54) is 0 Å². The standard InChI is InChI=1S/C24H29N5OS.HI/c1-25-24(26-14-12-18-8-7-11-20(16-18)23(30)29(2)3)27-15-13-21-17-31-22(28-21)19-9-5-4-6-10-19;/h4-11,16-17H,12-15H2,1-3H3,(H2,25,26,27);1H. The molecule has 2 aromatic carbocycles. The van der Waals surface area contributed by atoms with Crippen LogP contribution in [0.3, 0.4) is 0 Å². The highest BCUT2D eigenvalue weighted by atomic mass is 127. The number of guanidine groups is 1. The number of thiazole rings is 1. The van der Waals surface area contributed by atoms with Gasteiger partial charge in [-0.15, -0.1) is 35.3 Å². The minimum Gasteiger partial charge on any atom is -0.356 e. The maximum atomic E-state index is 12.1. The highest BCUT2D eigenvalue weighted by molar-refractivity contribution is 14.0. The molecule has 1 amide bonds. The van der Waals surface area contributed by atoms with Crippen molar-refractivity contribution in [1.29, 1.82) is 0 Å². The second-order valence-electron chi connectivity index (χ2n) is 7.34. The molecule has 0 saturated heterocycles. The lowest BCUT2D eigenvalue weighted by Crippen LogP contribution is -2.39. The van der Waals surface area contributed by atoms with Crippen LogP contribution < -0.4 is 10.6 Å². The molecule has 0 aliphatic heterocycles. The Morgan fingerprint density at radius 1 is 1.03 bits per heavy atom. The summed E-state index contributed by atoms with van der Waals surface area (Å²) < 4.78 is 0. The van der Waals surface area contributed by atoms with E-state index in [9.17, 15) is 4.79 Å². The molecule has 3 rings (SSSR count). The van der Waals surface area contributed by atoms with Gasteiger partial charge >= 0.3 is 0 Å². The number of rotatable bonds is 8. The van der Waals surface area contributed by atoms with E-state index in [4.69, 9.17) is 4.98 Å². The first-order valence-corrected chi connectivity index (χ1v) is 11.2. The van der Waals surface area contributed by atoms with E-state index in [0.717, 1.165) is 53.7 Å². The van der Waals surface area contributed by atoms with Gasteiger partial charge in [-0.1, -0.05) is 42.5 Å². The molecule has 0 unspecified atom stereocenters. The van der Waals surface area contributed by atoms with Gasteiger partial charge in [0.2, 0.25) is 0 Å². The quantitative estimate of drug-likeness (QED) is 0.246. The van der Waals surface area contributed by atoms with E-state index >= 15 is 0 Å². The molecular formula is C24H30IN5OS. The van der Waals surface area contributed by atoms with Crippen LogP contribution >= 0.6 is 35.3 Å². The fraction of sp³-hybridized carbons (Fsp3) is 0.292. The molecule has 1 heterocycles. The Bertz CT molecular complexity index is 1020.